The summed E-state index contributed by atoms with van der Waals surface area (Å²) in [4.78, 5) is 0. The lowest BCUT2D eigenvalue weighted by Crippen LogP contribution is -2.47. The highest BCUT2D eigenvalue weighted by molar-refractivity contribution is 5.40. The van der Waals surface area contributed by atoms with Gasteiger partial charge in [-0.3, -0.25) is 0 Å². The predicted octanol–water partition coefficient (Wildman–Crippen LogP) is 4.13. The molecule has 0 saturated heterocycles. The van der Waals surface area contributed by atoms with Gasteiger partial charge in [0.2, 0.25) is 0 Å². The average Bonchev–Trinajstić information content (AvgIpc) is 2.70. The van der Waals surface area contributed by atoms with Gasteiger partial charge in [-0.1, -0.05) is 18.2 Å². The third kappa shape index (κ3) is 2.40. The van der Waals surface area contributed by atoms with Crippen molar-refractivity contribution < 1.29 is 0 Å². The second kappa shape index (κ2) is 5.10. The van der Waals surface area contributed by atoms with E-state index in [-0.39, 0.29) is 0 Å². The molecule has 106 valence electrons. The third-order valence-electron chi connectivity index (χ3n) is 4.71. The predicted molar refractivity (Wildman–Crippen MR) is 84.3 cm³/mol. The van der Waals surface area contributed by atoms with Gasteiger partial charge in [0.1, 0.15) is 0 Å². The number of para-hydroxylation sites is 1. The Morgan fingerprint density at radius 2 is 1.85 bits per heavy atom. The van der Waals surface area contributed by atoms with Crippen LogP contribution in [0.15, 0.2) is 36.4 Å². The van der Waals surface area contributed by atoms with Gasteiger partial charge >= 0.3 is 0 Å². The van der Waals surface area contributed by atoms with Gasteiger partial charge in [-0.05, 0) is 63.8 Å². The maximum atomic E-state index is 3.73. The molecule has 0 amide bonds. The van der Waals surface area contributed by atoms with E-state index < -0.39 is 0 Å². The first-order valence-electron chi connectivity index (χ1n) is 7.57. The second-order valence-electron chi connectivity index (χ2n) is 6.34. The Balaban J connectivity index is 1.83. The van der Waals surface area contributed by atoms with Crippen LogP contribution in [0.25, 0.3) is 5.69 Å². The highest BCUT2D eigenvalue weighted by atomic mass is 15.0. The van der Waals surface area contributed by atoms with E-state index in [1.807, 2.05) is 0 Å². The molecule has 1 saturated carbocycles. The normalized spacial score (nSPS) is 16.9. The van der Waals surface area contributed by atoms with Gasteiger partial charge in [-0.2, -0.15) is 0 Å². The van der Waals surface area contributed by atoms with Crippen molar-refractivity contribution >= 4 is 0 Å². The number of hydrogen-bond donors (Lipinski definition) is 1. The summed E-state index contributed by atoms with van der Waals surface area (Å²) in [7, 11) is 0. The van der Waals surface area contributed by atoms with Gasteiger partial charge in [0.05, 0.1) is 0 Å². The number of rotatable bonds is 4. The summed E-state index contributed by atoms with van der Waals surface area (Å²) in [5, 5.41) is 3.73. The molecule has 0 atom stereocenters. The molecule has 1 heterocycles. The summed E-state index contributed by atoms with van der Waals surface area (Å²) in [6.07, 6.45) is 3.99. The highest BCUT2D eigenvalue weighted by Crippen LogP contribution is 2.31. The number of nitrogens with one attached hydrogen (secondary N) is 1. The quantitative estimate of drug-likeness (QED) is 0.882. The van der Waals surface area contributed by atoms with E-state index in [1.165, 1.54) is 41.9 Å². The second-order valence-corrected chi connectivity index (χ2v) is 6.34. The minimum Gasteiger partial charge on any atom is -0.318 e. The van der Waals surface area contributed by atoms with Crippen molar-refractivity contribution in [2.24, 2.45) is 0 Å². The molecule has 1 aliphatic carbocycles. The van der Waals surface area contributed by atoms with Crippen LogP contribution in [0.2, 0.25) is 0 Å². The van der Waals surface area contributed by atoms with Gasteiger partial charge in [0.25, 0.3) is 0 Å². The Morgan fingerprint density at radius 1 is 1.15 bits per heavy atom. The van der Waals surface area contributed by atoms with Gasteiger partial charge in [-0.15, -0.1) is 0 Å². The number of aromatic nitrogens is 1. The van der Waals surface area contributed by atoms with Crippen LogP contribution in [0.5, 0.6) is 0 Å². The lowest BCUT2D eigenvalue weighted by molar-refractivity contribution is 0.206. The zero-order chi connectivity index (χ0) is 14.2. The van der Waals surface area contributed by atoms with Gasteiger partial charge < -0.3 is 9.88 Å². The summed E-state index contributed by atoms with van der Waals surface area (Å²) in [5.74, 6) is 0. The van der Waals surface area contributed by atoms with Crippen LogP contribution in [0.3, 0.4) is 0 Å². The summed E-state index contributed by atoms with van der Waals surface area (Å²) < 4.78 is 2.35. The maximum absolute atomic E-state index is 3.73. The lowest BCUT2D eigenvalue weighted by atomic mass is 9.78. The van der Waals surface area contributed by atoms with Gasteiger partial charge in [0.15, 0.2) is 0 Å². The molecular weight excluding hydrogens is 244 g/mol. The first-order chi connectivity index (χ1) is 9.59. The average molecular weight is 268 g/mol. The molecule has 3 rings (SSSR count). The molecule has 2 aromatic rings. The molecule has 1 N–H and O–H groups in total. The van der Waals surface area contributed by atoms with E-state index in [0.29, 0.717) is 5.54 Å². The van der Waals surface area contributed by atoms with Crippen LogP contribution in [-0.4, -0.2) is 10.1 Å². The Morgan fingerprint density at radius 3 is 2.45 bits per heavy atom. The summed E-state index contributed by atoms with van der Waals surface area (Å²) in [5.41, 5.74) is 5.70. The largest absolute Gasteiger partial charge is 0.318 e. The molecular formula is C18H24N2. The van der Waals surface area contributed by atoms with E-state index in [4.69, 9.17) is 0 Å². The van der Waals surface area contributed by atoms with Crippen molar-refractivity contribution in [2.45, 2.75) is 52.1 Å². The first-order valence-corrected chi connectivity index (χ1v) is 7.57. The van der Waals surface area contributed by atoms with Crippen LogP contribution < -0.4 is 5.32 Å². The molecule has 0 bridgehead atoms. The Labute approximate surface area is 121 Å². The van der Waals surface area contributed by atoms with E-state index in [9.17, 15) is 0 Å². The molecule has 0 aliphatic heterocycles. The first kappa shape index (κ1) is 13.4. The number of aryl methyl sites for hydroxylation is 1. The number of hydrogen-bond acceptors (Lipinski definition) is 1. The van der Waals surface area contributed by atoms with Gasteiger partial charge in [-0.25, -0.2) is 0 Å². The smallest absolute Gasteiger partial charge is 0.0455 e. The fourth-order valence-corrected chi connectivity index (χ4v) is 3.18. The minimum absolute atomic E-state index is 0.370. The maximum Gasteiger partial charge on any atom is 0.0455 e. The molecule has 20 heavy (non-hydrogen) atoms. The summed E-state index contributed by atoms with van der Waals surface area (Å²) in [6, 6.07) is 12.9. The van der Waals surface area contributed by atoms with E-state index >= 15 is 0 Å². The highest BCUT2D eigenvalue weighted by Gasteiger charge is 2.31. The van der Waals surface area contributed by atoms with Gasteiger partial charge in [0, 0.05) is 29.2 Å². The molecule has 0 radical (unpaired) electrons. The molecule has 1 aromatic heterocycles. The summed E-state index contributed by atoms with van der Waals surface area (Å²) in [6.45, 7) is 7.73. The van der Waals surface area contributed by atoms with Crippen molar-refractivity contribution in [3.63, 3.8) is 0 Å². The van der Waals surface area contributed by atoms with Crippen molar-refractivity contribution in [1.82, 2.24) is 9.88 Å². The van der Waals surface area contributed by atoms with Crippen LogP contribution in [0.4, 0.5) is 0 Å². The fraction of sp³-hybridized carbons (Fsp3) is 0.444. The fourth-order valence-electron chi connectivity index (χ4n) is 3.18. The Kier molecular flexibility index (Phi) is 3.43. The van der Waals surface area contributed by atoms with Crippen molar-refractivity contribution in [3.8, 4) is 5.69 Å². The molecule has 2 heteroatoms. The topological polar surface area (TPSA) is 17.0 Å². The zero-order valence-electron chi connectivity index (χ0n) is 12.7. The van der Waals surface area contributed by atoms with Crippen molar-refractivity contribution in [1.29, 1.82) is 0 Å². The van der Waals surface area contributed by atoms with E-state index in [0.717, 1.165) is 6.54 Å². The molecule has 0 spiro atoms. The third-order valence-corrected chi connectivity index (χ3v) is 4.71. The van der Waals surface area contributed by atoms with E-state index in [2.05, 4.69) is 67.1 Å². The zero-order valence-corrected chi connectivity index (χ0v) is 12.7. The Bertz CT molecular complexity index is 591. The lowest BCUT2D eigenvalue weighted by Gasteiger charge is -2.39. The van der Waals surface area contributed by atoms with Crippen LogP contribution in [-0.2, 0) is 6.54 Å². The minimum atomic E-state index is 0.370. The van der Waals surface area contributed by atoms with E-state index in [1.54, 1.807) is 0 Å². The van der Waals surface area contributed by atoms with Crippen LogP contribution in [0.1, 0.15) is 43.1 Å². The SMILES string of the molecule is Cc1cc(CNC2(C)CCC2)c(C)n1-c1ccccc1. The molecule has 1 fully saturated rings. The molecule has 2 nitrogen and oxygen atoms in total. The number of nitrogens with zero attached hydrogens (tertiary/aromatic N) is 1. The monoisotopic (exact) mass is 268 g/mol. The number of benzene rings is 1. The Hall–Kier alpha value is -1.54. The molecule has 1 aliphatic rings. The van der Waals surface area contributed by atoms with Crippen molar-refractivity contribution in [2.75, 3.05) is 0 Å². The van der Waals surface area contributed by atoms with Crippen LogP contribution >= 0.6 is 0 Å². The molecule has 0 unspecified atom stereocenters. The standard InChI is InChI=1S/C18H24N2/c1-14-12-16(13-19-18(3)10-7-11-18)15(2)20(14)17-8-5-4-6-9-17/h4-6,8-9,12,19H,7,10-11,13H2,1-3H3. The molecule has 1 aromatic carbocycles. The van der Waals surface area contributed by atoms with Crippen LogP contribution in [0, 0.1) is 13.8 Å². The summed E-state index contributed by atoms with van der Waals surface area (Å²) >= 11 is 0. The van der Waals surface area contributed by atoms with Crippen molar-refractivity contribution in [3.05, 3.63) is 53.3 Å².